The zero-order valence-corrected chi connectivity index (χ0v) is 19.3. The van der Waals surface area contributed by atoms with Crippen LogP contribution in [0.2, 0.25) is 0 Å². The van der Waals surface area contributed by atoms with Crippen molar-refractivity contribution in [1.82, 2.24) is 5.32 Å². The Morgan fingerprint density at radius 3 is 2.39 bits per heavy atom. The van der Waals surface area contributed by atoms with Crippen molar-refractivity contribution >= 4 is 40.8 Å². The molecule has 0 heterocycles. The first-order valence-corrected chi connectivity index (χ1v) is 11.2. The zero-order chi connectivity index (χ0) is 29.4. The first-order chi connectivity index (χ1) is 18.2. The highest BCUT2D eigenvalue weighted by Gasteiger charge is 2.25. The summed E-state index contributed by atoms with van der Waals surface area (Å²) < 4.78 is 63.2. The van der Waals surface area contributed by atoms with Gasteiger partial charge in [0, 0.05) is 41.1 Å². The van der Waals surface area contributed by atoms with Crippen LogP contribution in [0.5, 0.6) is 0 Å². The van der Waals surface area contributed by atoms with Crippen molar-refractivity contribution in [3.63, 3.8) is 0 Å². The topological polar surface area (TPSA) is 84.7 Å². The average molecular weight is 504 g/mol. The highest BCUT2D eigenvalue weighted by molar-refractivity contribution is 6.18. The summed E-state index contributed by atoms with van der Waals surface area (Å²) in [5.41, 5.74) is 7.65. The molecule has 0 aliphatic heterocycles. The first-order valence-electron chi connectivity index (χ1n) is 13.2. The van der Waals surface area contributed by atoms with E-state index in [2.05, 4.69) is 10.1 Å². The van der Waals surface area contributed by atoms with Crippen molar-refractivity contribution in [2.24, 2.45) is 5.73 Å². The number of nitrogens with zero attached hydrogens (tertiary/aromatic N) is 1. The third kappa shape index (κ3) is 8.84. The predicted octanol–water partition coefficient (Wildman–Crippen LogP) is 3.27. The minimum atomic E-state index is -3.31. The molecule has 2 aromatic rings. The molecule has 6 nitrogen and oxygen atoms in total. The quantitative estimate of drug-likeness (QED) is 0.323. The maximum Gasteiger partial charge on any atom is 0.328 e. The summed E-state index contributed by atoms with van der Waals surface area (Å²) in [6, 6.07) is 7.42. The summed E-state index contributed by atoms with van der Waals surface area (Å²) in [6.07, 6.45) is -0.241. The number of carbonyl (C=O) groups is 2. The third-order valence-electron chi connectivity index (χ3n) is 4.81. The van der Waals surface area contributed by atoms with Gasteiger partial charge in [-0.3, -0.25) is 4.79 Å². The molecule has 0 aromatic heterocycles. The molecule has 2 rings (SSSR count). The molecule has 0 spiro atoms. The summed E-state index contributed by atoms with van der Waals surface area (Å²) in [7, 11) is 0. The molecule has 0 bridgehead atoms. The number of ether oxygens (including phenoxy) is 1. The molecule has 0 aliphatic rings. The van der Waals surface area contributed by atoms with Crippen LogP contribution in [-0.4, -0.2) is 55.4 Å². The van der Waals surface area contributed by atoms with Gasteiger partial charge in [-0.2, -0.15) is 0 Å². The number of rotatable bonds is 13. The van der Waals surface area contributed by atoms with Crippen molar-refractivity contribution in [2.75, 3.05) is 36.3 Å². The summed E-state index contributed by atoms with van der Waals surface area (Å²) >= 11 is 11.7. The monoisotopic (exact) mass is 503 g/mol. The summed E-state index contributed by atoms with van der Waals surface area (Å²) in [4.78, 5) is 27.5. The van der Waals surface area contributed by atoms with E-state index < -0.39 is 43.2 Å². The van der Waals surface area contributed by atoms with Crippen LogP contribution < -0.4 is 16.0 Å². The number of benzene rings is 2. The smallest absolute Gasteiger partial charge is 0.328 e. The second-order valence-electron chi connectivity index (χ2n) is 7.17. The van der Waals surface area contributed by atoms with Crippen LogP contribution in [0.3, 0.4) is 0 Å². The maximum atomic E-state index is 13.3. The Bertz CT molecular complexity index is 1120. The highest BCUT2D eigenvalue weighted by atomic mass is 35.5. The standard InChI is InChI=1S/C24H30Cl2FN3O3/c1-2-33-24(32)22(16-18-3-7-19(27)8-4-18)29-23(31)21(28)15-17-5-9-20(10-6-17)30(13-11-25)14-12-26/h3-10,21-22H,2,11-16,28H2,1H3,(H,29,31)/t21-,22-/m0/s1/i1D3,2D2,9D. The van der Waals surface area contributed by atoms with Gasteiger partial charge in [0.2, 0.25) is 5.91 Å². The molecule has 1 amide bonds. The number of hydrogen-bond acceptors (Lipinski definition) is 5. The zero-order valence-electron chi connectivity index (χ0n) is 23.8. The van der Waals surface area contributed by atoms with Crippen molar-refractivity contribution < 1.29 is 26.9 Å². The number of hydrogen-bond donors (Lipinski definition) is 2. The van der Waals surface area contributed by atoms with Crippen LogP contribution >= 0.6 is 23.2 Å². The van der Waals surface area contributed by atoms with Gasteiger partial charge >= 0.3 is 5.97 Å². The number of esters is 1. The number of anilines is 1. The van der Waals surface area contributed by atoms with Crippen LogP contribution in [0, 0.1) is 5.82 Å². The molecule has 2 atom stereocenters. The minimum absolute atomic E-state index is 0.00256. The fraction of sp³-hybridized carbons (Fsp3) is 0.417. The lowest BCUT2D eigenvalue weighted by Crippen LogP contribution is -2.50. The molecular weight excluding hydrogens is 468 g/mol. The van der Waals surface area contributed by atoms with Gasteiger partial charge in [0.25, 0.3) is 0 Å². The third-order valence-corrected chi connectivity index (χ3v) is 5.15. The molecule has 0 fully saturated rings. The Balaban J connectivity index is 2.18. The molecule has 0 saturated heterocycles. The van der Waals surface area contributed by atoms with Crippen LogP contribution in [0.1, 0.15) is 26.2 Å². The van der Waals surface area contributed by atoms with Gasteiger partial charge in [-0.05, 0) is 48.6 Å². The Morgan fingerprint density at radius 1 is 1.15 bits per heavy atom. The highest BCUT2D eigenvalue weighted by Crippen LogP contribution is 2.16. The molecule has 2 aromatic carbocycles. The van der Waals surface area contributed by atoms with E-state index >= 15 is 0 Å². The van der Waals surface area contributed by atoms with E-state index in [-0.39, 0.29) is 18.9 Å². The number of alkyl halides is 2. The summed E-state index contributed by atoms with van der Waals surface area (Å²) in [6.45, 7) is -5.60. The summed E-state index contributed by atoms with van der Waals surface area (Å²) in [5.74, 6) is -1.97. The van der Waals surface area contributed by atoms with E-state index in [1.807, 2.05) is 4.90 Å². The normalized spacial score (nSPS) is 16.1. The maximum absolute atomic E-state index is 13.3. The number of amides is 1. The lowest BCUT2D eigenvalue weighted by atomic mass is 10.0. The molecule has 33 heavy (non-hydrogen) atoms. The van der Waals surface area contributed by atoms with Crippen molar-refractivity contribution in [3.8, 4) is 0 Å². The van der Waals surface area contributed by atoms with E-state index in [1.54, 1.807) is 18.2 Å². The molecule has 0 saturated carbocycles. The SMILES string of the molecule is [2H]c1cc(C[C@H](N)C(=O)N[C@@H](Cc2ccc(F)cc2)C(=O)OC([2H])([2H])C([2H])([2H])[2H])ccc1N(CCCl)CCCl. The van der Waals surface area contributed by atoms with Gasteiger partial charge in [0.1, 0.15) is 11.9 Å². The van der Waals surface area contributed by atoms with Crippen molar-refractivity contribution in [1.29, 1.82) is 0 Å². The van der Waals surface area contributed by atoms with Crippen molar-refractivity contribution in [3.05, 3.63) is 65.5 Å². The fourth-order valence-electron chi connectivity index (χ4n) is 3.13. The largest absolute Gasteiger partial charge is 0.464 e. The molecular formula is C24H30Cl2FN3O3. The first kappa shape index (κ1) is 19.0. The van der Waals surface area contributed by atoms with Crippen LogP contribution in [0.25, 0.3) is 0 Å². The number of nitrogens with two attached hydrogens (primary N) is 1. The van der Waals surface area contributed by atoms with E-state index in [1.165, 1.54) is 12.1 Å². The minimum Gasteiger partial charge on any atom is -0.464 e. The van der Waals surface area contributed by atoms with Crippen LogP contribution in [0.15, 0.2) is 48.5 Å². The van der Waals surface area contributed by atoms with Gasteiger partial charge in [-0.1, -0.05) is 24.3 Å². The van der Waals surface area contributed by atoms with Gasteiger partial charge in [-0.25, -0.2) is 9.18 Å². The summed E-state index contributed by atoms with van der Waals surface area (Å²) in [5, 5.41) is 2.38. The molecule has 3 N–H and O–H groups in total. The number of halogens is 3. The molecule has 0 radical (unpaired) electrons. The molecule has 0 aliphatic carbocycles. The van der Waals surface area contributed by atoms with Crippen LogP contribution in [-0.2, 0) is 27.2 Å². The second-order valence-corrected chi connectivity index (χ2v) is 7.93. The van der Waals surface area contributed by atoms with Gasteiger partial charge in [-0.15, -0.1) is 23.2 Å². The Labute approximate surface area is 212 Å². The average Bonchev–Trinajstić information content (AvgIpc) is 2.84. The van der Waals surface area contributed by atoms with Crippen LogP contribution in [0.4, 0.5) is 10.1 Å². The lowest BCUT2D eigenvalue weighted by Gasteiger charge is -2.23. The lowest BCUT2D eigenvalue weighted by molar-refractivity contribution is -0.147. The van der Waals surface area contributed by atoms with E-state index in [9.17, 15) is 14.0 Å². The Kier molecular flexibility index (Phi) is 8.08. The van der Waals surface area contributed by atoms with Gasteiger partial charge < -0.3 is 20.7 Å². The van der Waals surface area contributed by atoms with Gasteiger partial charge in [0.15, 0.2) is 0 Å². The second kappa shape index (κ2) is 14.0. The predicted molar refractivity (Wildman–Crippen MR) is 130 cm³/mol. The van der Waals surface area contributed by atoms with E-state index in [4.69, 9.17) is 37.2 Å². The van der Waals surface area contributed by atoms with Crippen molar-refractivity contribution in [2.45, 2.75) is 31.8 Å². The van der Waals surface area contributed by atoms with Gasteiger partial charge in [0.05, 0.1) is 16.7 Å². The molecule has 9 heteroatoms. The van der Waals surface area contributed by atoms with E-state index in [0.717, 1.165) is 12.1 Å². The Morgan fingerprint density at radius 2 is 1.79 bits per heavy atom. The fourth-order valence-corrected chi connectivity index (χ4v) is 3.53. The molecule has 180 valence electrons. The number of carbonyl (C=O) groups excluding carboxylic acids is 2. The Hall–Kier alpha value is -2.35. The molecule has 0 unspecified atom stereocenters. The number of nitrogens with one attached hydrogen (secondary N) is 1. The van der Waals surface area contributed by atoms with E-state index in [0.29, 0.717) is 41.7 Å².